The summed E-state index contributed by atoms with van der Waals surface area (Å²) in [6.45, 7) is 7.59. The summed E-state index contributed by atoms with van der Waals surface area (Å²) in [4.78, 5) is 14.0. The Morgan fingerprint density at radius 1 is 1.42 bits per heavy atom. The standard InChI is InChI=1S/C15H23FN2O/c1-11(2)10-18(8-4-7-17)15(19)13-6-5-12(3)9-14(13)16/h5-6,9,11H,4,7-8,10,17H2,1-3H3. The number of carbonyl (C=O) groups excluding carboxylic acids is 1. The van der Waals surface area contributed by atoms with Crippen LogP contribution in [0.5, 0.6) is 0 Å². The summed E-state index contributed by atoms with van der Waals surface area (Å²) >= 11 is 0. The maximum atomic E-state index is 13.8. The van der Waals surface area contributed by atoms with Crippen LogP contribution in [-0.2, 0) is 0 Å². The van der Waals surface area contributed by atoms with Gasteiger partial charge in [-0.2, -0.15) is 0 Å². The van der Waals surface area contributed by atoms with Gasteiger partial charge >= 0.3 is 0 Å². The Balaban J connectivity index is 2.90. The van der Waals surface area contributed by atoms with Crippen molar-refractivity contribution in [1.82, 2.24) is 4.90 Å². The summed E-state index contributed by atoms with van der Waals surface area (Å²) in [6, 6.07) is 4.71. The molecule has 0 atom stereocenters. The molecule has 1 aromatic carbocycles. The second kappa shape index (κ2) is 7.24. The van der Waals surface area contributed by atoms with Crippen LogP contribution in [0.2, 0.25) is 0 Å². The molecule has 0 heterocycles. The minimum Gasteiger partial charge on any atom is -0.338 e. The summed E-state index contributed by atoms with van der Waals surface area (Å²) in [5.41, 5.74) is 6.44. The Kier molecular flexibility index (Phi) is 5.96. The van der Waals surface area contributed by atoms with Crippen molar-refractivity contribution in [1.29, 1.82) is 0 Å². The first-order valence-electron chi connectivity index (χ1n) is 6.71. The molecule has 2 N–H and O–H groups in total. The van der Waals surface area contributed by atoms with Crippen LogP contribution in [0, 0.1) is 18.7 Å². The van der Waals surface area contributed by atoms with Gasteiger partial charge in [0.2, 0.25) is 0 Å². The van der Waals surface area contributed by atoms with Gasteiger partial charge in [-0.15, -0.1) is 0 Å². The zero-order valence-electron chi connectivity index (χ0n) is 11.9. The molecule has 0 spiro atoms. The van der Waals surface area contributed by atoms with Crippen molar-refractivity contribution in [3.63, 3.8) is 0 Å². The first-order chi connectivity index (χ1) is 8.95. The van der Waals surface area contributed by atoms with Gasteiger partial charge in [-0.3, -0.25) is 4.79 Å². The minimum atomic E-state index is -0.452. The first kappa shape index (κ1) is 15.6. The van der Waals surface area contributed by atoms with Gasteiger partial charge in [0.25, 0.3) is 5.91 Å². The topological polar surface area (TPSA) is 46.3 Å². The molecular weight excluding hydrogens is 243 g/mol. The number of nitrogens with zero attached hydrogens (tertiary/aromatic N) is 1. The highest BCUT2D eigenvalue weighted by molar-refractivity contribution is 5.94. The maximum Gasteiger partial charge on any atom is 0.256 e. The third kappa shape index (κ3) is 4.63. The Hall–Kier alpha value is -1.42. The average Bonchev–Trinajstić information content (AvgIpc) is 2.33. The molecule has 0 aliphatic rings. The van der Waals surface area contributed by atoms with E-state index in [1.807, 2.05) is 13.8 Å². The van der Waals surface area contributed by atoms with E-state index in [9.17, 15) is 9.18 Å². The zero-order valence-corrected chi connectivity index (χ0v) is 11.9. The molecule has 19 heavy (non-hydrogen) atoms. The predicted octanol–water partition coefficient (Wildman–Crippen LogP) is 2.58. The molecule has 1 rings (SSSR count). The molecule has 0 unspecified atom stereocenters. The van der Waals surface area contributed by atoms with E-state index < -0.39 is 5.82 Å². The van der Waals surface area contributed by atoms with Crippen molar-refractivity contribution in [2.75, 3.05) is 19.6 Å². The summed E-state index contributed by atoms with van der Waals surface area (Å²) in [5.74, 6) is -0.360. The molecule has 0 aliphatic carbocycles. The molecule has 0 aromatic heterocycles. The Morgan fingerprint density at radius 3 is 2.63 bits per heavy atom. The lowest BCUT2D eigenvalue weighted by Crippen LogP contribution is -2.36. The highest BCUT2D eigenvalue weighted by Gasteiger charge is 2.19. The monoisotopic (exact) mass is 266 g/mol. The van der Waals surface area contributed by atoms with Crippen LogP contribution in [0.4, 0.5) is 4.39 Å². The van der Waals surface area contributed by atoms with Crippen molar-refractivity contribution in [3.05, 3.63) is 35.1 Å². The summed E-state index contributed by atoms with van der Waals surface area (Å²) in [6.07, 6.45) is 0.728. The van der Waals surface area contributed by atoms with E-state index in [-0.39, 0.29) is 11.5 Å². The van der Waals surface area contributed by atoms with Crippen molar-refractivity contribution >= 4 is 5.91 Å². The van der Waals surface area contributed by atoms with Gasteiger partial charge < -0.3 is 10.6 Å². The third-order valence-corrected chi connectivity index (χ3v) is 2.86. The average molecular weight is 266 g/mol. The Morgan fingerprint density at radius 2 is 2.11 bits per heavy atom. The van der Waals surface area contributed by atoms with Crippen LogP contribution in [0.25, 0.3) is 0 Å². The van der Waals surface area contributed by atoms with Gasteiger partial charge in [-0.25, -0.2) is 4.39 Å². The zero-order chi connectivity index (χ0) is 14.4. The number of rotatable bonds is 6. The van der Waals surface area contributed by atoms with Crippen molar-refractivity contribution in [2.45, 2.75) is 27.2 Å². The predicted molar refractivity (Wildman–Crippen MR) is 75.5 cm³/mol. The molecule has 1 aromatic rings. The van der Waals surface area contributed by atoms with Crippen LogP contribution < -0.4 is 5.73 Å². The smallest absolute Gasteiger partial charge is 0.256 e. The first-order valence-corrected chi connectivity index (χ1v) is 6.71. The van der Waals surface area contributed by atoms with Crippen molar-refractivity contribution in [3.8, 4) is 0 Å². The number of nitrogens with two attached hydrogens (primary N) is 1. The van der Waals surface area contributed by atoms with Crippen molar-refractivity contribution in [2.24, 2.45) is 11.7 Å². The molecule has 0 radical (unpaired) electrons. The van der Waals surface area contributed by atoms with Crippen LogP contribution in [0.3, 0.4) is 0 Å². The number of halogens is 1. The number of aryl methyl sites for hydroxylation is 1. The Bertz CT molecular complexity index is 432. The molecule has 3 nitrogen and oxygen atoms in total. The van der Waals surface area contributed by atoms with Gasteiger partial charge in [-0.05, 0) is 43.5 Å². The summed E-state index contributed by atoms with van der Waals surface area (Å²) in [5, 5.41) is 0. The third-order valence-electron chi connectivity index (χ3n) is 2.86. The molecule has 0 bridgehead atoms. The van der Waals surface area contributed by atoms with Gasteiger partial charge in [0, 0.05) is 13.1 Å². The molecule has 1 amide bonds. The summed E-state index contributed by atoms with van der Waals surface area (Å²) < 4.78 is 13.8. The number of amides is 1. The molecule has 106 valence electrons. The Labute approximate surface area is 114 Å². The van der Waals surface area contributed by atoms with Crippen molar-refractivity contribution < 1.29 is 9.18 Å². The van der Waals surface area contributed by atoms with Gasteiger partial charge in [0.15, 0.2) is 0 Å². The molecule has 4 heteroatoms. The quantitative estimate of drug-likeness (QED) is 0.860. The minimum absolute atomic E-state index is 0.142. The summed E-state index contributed by atoms with van der Waals surface area (Å²) in [7, 11) is 0. The molecule has 0 saturated carbocycles. The highest BCUT2D eigenvalue weighted by Crippen LogP contribution is 2.14. The molecule has 0 aliphatic heterocycles. The second-order valence-corrected chi connectivity index (χ2v) is 5.27. The highest BCUT2D eigenvalue weighted by atomic mass is 19.1. The number of benzene rings is 1. The van der Waals surface area contributed by atoms with Crippen LogP contribution in [0.15, 0.2) is 18.2 Å². The lowest BCUT2D eigenvalue weighted by atomic mass is 10.1. The van der Waals surface area contributed by atoms with E-state index in [0.29, 0.717) is 25.6 Å². The van der Waals surface area contributed by atoms with Crippen LogP contribution in [-0.4, -0.2) is 30.4 Å². The van der Waals surface area contributed by atoms with Gasteiger partial charge in [0.1, 0.15) is 5.82 Å². The van der Waals surface area contributed by atoms with E-state index in [2.05, 4.69) is 0 Å². The van der Waals surface area contributed by atoms with Gasteiger partial charge in [-0.1, -0.05) is 19.9 Å². The lowest BCUT2D eigenvalue weighted by molar-refractivity contribution is 0.0730. The van der Waals surface area contributed by atoms with E-state index in [4.69, 9.17) is 5.73 Å². The number of hydrogen-bond donors (Lipinski definition) is 1. The second-order valence-electron chi connectivity index (χ2n) is 5.27. The number of carbonyl (C=O) groups is 1. The van der Waals surface area contributed by atoms with E-state index in [0.717, 1.165) is 12.0 Å². The molecule has 0 saturated heterocycles. The normalized spacial score (nSPS) is 10.8. The molecular formula is C15H23FN2O. The van der Waals surface area contributed by atoms with E-state index in [1.54, 1.807) is 24.0 Å². The van der Waals surface area contributed by atoms with Crippen LogP contribution >= 0.6 is 0 Å². The fourth-order valence-corrected chi connectivity index (χ4v) is 1.96. The fourth-order valence-electron chi connectivity index (χ4n) is 1.96. The SMILES string of the molecule is Cc1ccc(C(=O)N(CCCN)CC(C)C)c(F)c1. The lowest BCUT2D eigenvalue weighted by Gasteiger charge is -2.24. The van der Waals surface area contributed by atoms with E-state index in [1.165, 1.54) is 6.07 Å². The largest absolute Gasteiger partial charge is 0.338 e. The number of hydrogen-bond acceptors (Lipinski definition) is 2. The van der Waals surface area contributed by atoms with Gasteiger partial charge in [0.05, 0.1) is 5.56 Å². The van der Waals surface area contributed by atoms with E-state index >= 15 is 0 Å². The molecule has 0 fully saturated rings. The maximum absolute atomic E-state index is 13.8. The van der Waals surface area contributed by atoms with Crippen LogP contribution in [0.1, 0.15) is 36.2 Å². The fraction of sp³-hybridized carbons (Fsp3) is 0.533.